The fraction of sp³-hybridized carbons (Fsp3) is 0.143. The molecule has 3 rings (SSSR count). The third-order valence-electron chi connectivity index (χ3n) is 3.51. The van der Waals surface area contributed by atoms with Crippen LogP contribution >= 0.6 is 24.1 Å². The van der Waals surface area contributed by atoms with Gasteiger partial charge in [0.05, 0.1) is 11.7 Å². The van der Waals surface area contributed by atoms with Crippen molar-refractivity contribution >= 4 is 41.0 Å². The summed E-state index contributed by atoms with van der Waals surface area (Å²) in [5.74, 6) is -0.950. The molecule has 0 bridgehead atoms. The van der Waals surface area contributed by atoms with Gasteiger partial charge in [-0.2, -0.15) is 9.19 Å². The summed E-state index contributed by atoms with van der Waals surface area (Å²) >= 11 is 1.53. The number of carboxylic acid groups (broad SMARTS) is 1. The molecule has 0 amide bonds. The summed E-state index contributed by atoms with van der Waals surface area (Å²) in [6.07, 6.45) is 1.60. The van der Waals surface area contributed by atoms with Gasteiger partial charge in [-0.15, -0.1) is 3.89 Å². The lowest BCUT2D eigenvalue weighted by molar-refractivity contribution is 0.0686. The maximum absolute atomic E-state index is 12.7. The first-order valence-corrected chi connectivity index (χ1v) is 7.84. The number of benzene rings is 1. The van der Waals surface area contributed by atoms with E-state index < -0.39 is 5.97 Å². The van der Waals surface area contributed by atoms with Gasteiger partial charge in [0.15, 0.2) is 12.3 Å². The smallest absolute Gasteiger partial charge is 0.352 e. The second-order valence-electron chi connectivity index (χ2n) is 4.75. The molecule has 22 heavy (non-hydrogen) atoms. The maximum Gasteiger partial charge on any atom is 0.352 e. The molecule has 8 heteroatoms. The molecule has 1 N–H and O–H groups in total. The Morgan fingerprint density at radius 3 is 2.77 bits per heavy atom. The average Bonchev–Trinajstić information content (AvgIpc) is 3.02. The first-order chi connectivity index (χ1) is 10.5. The predicted molar refractivity (Wildman–Crippen MR) is 85.1 cm³/mol. The zero-order chi connectivity index (χ0) is 15.9. The number of aromatic nitrogens is 3. The van der Waals surface area contributed by atoms with Crippen LogP contribution in [0, 0.1) is 6.92 Å². The average molecular weight is 337 g/mol. The van der Waals surface area contributed by atoms with Crippen LogP contribution < -0.4 is 0 Å². The number of carbonyl (C=O) groups is 1. The minimum absolute atomic E-state index is 0.0559. The maximum atomic E-state index is 12.7. The number of aromatic carboxylic acids is 1. The van der Waals surface area contributed by atoms with E-state index >= 15 is 0 Å². The van der Waals surface area contributed by atoms with E-state index in [1.54, 1.807) is 29.9 Å². The van der Waals surface area contributed by atoms with Crippen molar-refractivity contribution in [1.29, 1.82) is 0 Å². The van der Waals surface area contributed by atoms with Crippen LogP contribution in [-0.2, 0) is 7.05 Å². The lowest BCUT2D eigenvalue weighted by Crippen LogP contribution is -2.04. The Bertz CT molecular complexity index is 872. The van der Waals surface area contributed by atoms with Gasteiger partial charge in [0.2, 0.25) is 0 Å². The van der Waals surface area contributed by atoms with Gasteiger partial charge in [-0.25, -0.2) is 4.79 Å². The molecule has 3 aromatic rings. The molecule has 0 unspecified atom stereocenters. The van der Waals surface area contributed by atoms with Gasteiger partial charge in [0, 0.05) is 27.9 Å². The van der Waals surface area contributed by atoms with Crippen molar-refractivity contribution < 1.29 is 13.8 Å². The SMILES string of the molecule is Cc1c(Sc2ccc3c(cnn3SF)c2)cc(C(=O)O)n1C. The van der Waals surface area contributed by atoms with Crippen molar-refractivity contribution in [2.75, 3.05) is 0 Å². The number of carboxylic acids is 1. The molecule has 0 spiro atoms. The van der Waals surface area contributed by atoms with Gasteiger partial charge in [0.1, 0.15) is 5.69 Å². The molecular formula is C14H12FN3O2S2. The standard InChI is InChI=1S/C14H12FN3O2S2/c1-8-13(6-12(14(19)20)17(8)2)21-10-3-4-11-9(5-10)7-16-18(11)22-15/h3-7H,1-2H3,(H,19,20). The zero-order valence-corrected chi connectivity index (χ0v) is 13.4. The molecule has 5 nitrogen and oxygen atoms in total. The van der Waals surface area contributed by atoms with Crippen molar-refractivity contribution in [2.45, 2.75) is 16.7 Å². The highest BCUT2D eigenvalue weighted by Crippen LogP contribution is 2.34. The van der Waals surface area contributed by atoms with Gasteiger partial charge in [-0.3, -0.25) is 0 Å². The largest absolute Gasteiger partial charge is 0.477 e. The predicted octanol–water partition coefficient (Wildman–Crippen LogP) is 3.91. The molecule has 0 aliphatic rings. The van der Waals surface area contributed by atoms with E-state index in [0.717, 1.165) is 20.9 Å². The van der Waals surface area contributed by atoms with E-state index in [2.05, 4.69) is 5.10 Å². The van der Waals surface area contributed by atoms with Gasteiger partial charge in [0.25, 0.3) is 0 Å². The molecule has 0 aliphatic carbocycles. The Hall–Kier alpha value is -1.93. The zero-order valence-electron chi connectivity index (χ0n) is 11.8. The van der Waals surface area contributed by atoms with Crippen molar-refractivity contribution in [1.82, 2.24) is 13.8 Å². The highest BCUT2D eigenvalue weighted by atomic mass is 32.2. The van der Waals surface area contributed by atoms with Crippen LogP contribution in [0.1, 0.15) is 16.2 Å². The Kier molecular flexibility index (Phi) is 3.88. The number of rotatable bonds is 4. The summed E-state index contributed by atoms with van der Waals surface area (Å²) in [6, 6.07) is 7.24. The van der Waals surface area contributed by atoms with E-state index in [4.69, 9.17) is 5.11 Å². The molecule has 0 radical (unpaired) electrons. The molecule has 2 heterocycles. The van der Waals surface area contributed by atoms with Crippen molar-refractivity contribution in [3.8, 4) is 0 Å². The molecule has 1 aromatic carbocycles. The van der Waals surface area contributed by atoms with E-state index in [0.29, 0.717) is 5.52 Å². The van der Waals surface area contributed by atoms with Crippen molar-refractivity contribution in [2.24, 2.45) is 7.05 Å². The second kappa shape index (κ2) is 5.69. The Morgan fingerprint density at radius 1 is 1.36 bits per heavy atom. The van der Waals surface area contributed by atoms with E-state index in [1.807, 2.05) is 19.1 Å². The summed E-state index contributed by atoms with van der Waals surface area (Å²) in [6.45, 7) is 1.88. The quantitative estimate of drug-likeness (QED) is 0.782. The number of fused-ring (bicyclic) bond motifs is 1. The van der Waals surface area contributed by atoms with Crippen LogP contribution in [0.5, 0.6) is 0 Å². The van der Waals surface area contributed by atoms with Crippen LogP contribution in [0.4, 0.5) is 3.89 Å². The van der Waals surface area contributed by atoms with E-state index in [9.17, 15) is 8.68 Å². The van der Waals surface area contributed by atoms with E-state index in [1.165, 1.54) is 15.8 Å². The fourth-order valence-corrected chi connectivity index (χ4v) is 3.57. The first-order valence-electron chi connectivity index (χ1n) is 6.35. The van der Waals surface area contributed by atoms with Crippen molar-refractivity contribution in [3.63, 3.8) is 0 Å². The fourth-order valence-electron chi connectivity index (χ4n) is 2.21. The first kappa shape index (κ1) is 15.0. The molecule has 114 valence electrons. The summed E-state index contributed by atoms with van der Waals surface area (Å²) in [5, 5.41) is 13.9. The highest BCUT2D eigenvalue weighted by molar-refractivity contribution is 7.99. The van der Waals surface area contributed by atoms with E-state index in [-0.39, 0.29) is 18.0 Å². The number of hydrogen-bond donors (Lipinski definition) is 1. The second-order valence-corrected chi connectivity index (χ2v) is 6.35. The molecule has 0 aliphatic heterocycles. The number of nitrogens with zero attached hydrogens (tertiary/aromatic N) is 3. The van der Waals surface area contributed by atoms with Crippen LogP contribution in [0.3, 0.4) is 0 Å². The van der Waals surface area contributed by atoms with Gasteiger partial charge in [-0.1, -0.05) is 11.8 Å². The molecular weight excluding hydrogens is 325 g/mol. The van der Waals surface area contributed by atoms with Crippen LogP contribution in [0.15, 0.2) is 40.3 Å². The normalized spacial score (nSPS) is 11.2. The van der Waals surface area contributed by atoms with Crippen LogP contribution in [0.2, 0.25) is 0 Å². The lowest BCUT2D eigenvalue weighted by Gasteiger charge is -2.03. The molecule has 0 saturated heterocycles. The number of hydrogen-bond acceptors (Lipinski definition) is 4. The molecule has 0 atom stereocenters. The Morgan fingerprint density at radius 2 is 2.14 bits per heavy atom. The molecule has 2 aromatic heterocycles. The van der Waals surface area contributed by atoms with Gasteiger partial charge < -0.3 is 9.67 Å². The Balaban J connectivity index is 1.96. The minimum atomic E-state index is -0.950. The molecule has 0 fully saturated rings. The van der Waals surface area contributed by atoms with Crippen molar-refractivity contribution in [3.05, 3.63) is 41.9 Å². The summed E-state index contributed by atoms with van der Waals surface area (Å²) in [4.78, 5) is 13.0. The van der Waals surface area contributed by atoms with Gasteiger partial charge >= 0.3 is 5.97 Å². The monoisotopic (exact) mass is 337 g/mol. The summed E-state index contributed by atoms with van der Waals surface area (Å²) in [5.41, 5.74) is 1.84. The topological polar surface area (TPSA) is 60.1 Å². The van der Waals surface area contributed by atoms with Crippen LogP contribution in [-0.4, -0.2) is 24.8 Å². The van der Waals surface area contributed by atoms with Crippen LogP contribution in [0.25, 0.3) is 10.9 Å². The Labute approximate surface area is 134 Å². The minimum Gasteiger partial charge on any atom is -0.477 e. The summed E-state index contributed by atoms with van der Waals surface area (Å²) < 4.78 is 15.5. The summed E-state index contributed by atoms with van der Waals surface area (Å²) in [7, 11) is 1.73. The lowest BCUT2D eigenvalue weighted by atomic mass is 10.3. The van der Waals surface area contributed by atoms with Gasteiger partial charge in [-0.05, 0) is 31.2 Å². The third kappa shape index (κ3) is 2.48. The number of halogens is 1. The molecule has 0 saturated carbocycles. The highest BCUT2D eigenvalue weighted by Gasteiger charge is 2.15. The third-order valence-corrected chi connectivity index (χ3v) is 5.05.